The van der Waals surface area contributed by atoms with Crippen molar-refractivity contribution in [1.82, 2.24) is 15.2 Å². The van der Waals surface area contributed by atoms with Gasteiger partial charge in [0, 0.05) is 17.6 Å². The molecule has 0 aliphatic carbocycles. The van der Waals surface area contributed by atoms with Gasteiger partial charge in [-0.05, 0) is 32.9 Å². The number of carbonyl (C=O) groups excluding carboxylic acids is 2. The van der Waals surface area contributed by atoms with E-state index in [1.165, 1.54) is 12.1 Å². The van der Waals surface area contributed by atoms with Crippen LogP contribution in [-0.2, 0) is 4.79 Å². The van der Waals surface area contributed by atoms with Gasteiger partial charge in [0.15, 0.2) is 0 Å². The normalized spacial score (nSPS) is 24.0. The van der Waals surface area contributed by atoms with Gasteiger partial charge < -0.3 is 16.0 Å². The van der Waals surface area contributed by atoms with E-state index in [1.54, 1.807) is 20.8 Å². The molecular weight excluding hydrogens is 442 g/mol. The van der Waals surface area contributed by atoms with Gasteiger partial charge in [-0.2, -0.15) is 18.3 Å². The summed E-state index contributed by atoms with van der Waals surface area (Å²) in [5, 5.41) is 7.62. The van der Waals surface area contributed by atoms with E-state index >= 15 is 0 Å². The van der Waals surface area contributed by atoms with Crippen LogP contribution in [0.1, 0.15) is 26.3 Å². The van der Waals surface area contributed by atoms with Gasteiger partial charge in [-0.25, -0.2) is 9.18 Å². The Morgan fingerprint density at radius 2 is 1.87 bits per heavy atom. The predicted molar refractivity (Wildman–Crippen MR) is 106 cm³/mol. The number of nitrogens with two attached hydrogens (primary N) is 1. The first-order valence-corrected chi connectivity index (χ1v) is 9.82. The molecule has 12 heteroatoms. The standard InChI is InChI=1S/C19H22ClF4N5O2/c1-18(2,3)26-17(31)28-7-12-14(16(25)30)15(9-4-5-11(21)10(20)6-9)27-29(12)8-13(28)19(22,23)24/h4-6,12-14H,7-8H2,1-3H3,(H2,25,30)(H,26,31). The average molecular weight is 464 g/mol. The van der Waals surface area contributed by atoms with E-state index in [2.05, 4.69) is 10.4 Å². The van der Waals surface area contributed by atoms with Crippen LogP contribution < -0.4 is 11.1 Å². The Kier molecular flexibility index (Phi) is 5.85. The Morgan fingerprint density at radius 3 is 2.39 bits per heavy atom. The van der Waals surface area contributed by atoms with Crippen molar-refractivity contribution in [3.8, 4) is 0 Å². The number of nitrogens with one attached hydrogen (secondary N) is 1. The number of rotatable bonds is 2. The minimum Gasteiger partial charge on any atom is -0.369 e. The fraction of sp³-hybridized carbons (Fsp3) is 0.526. The van der Waals surface area contributed by atoms with Crippen molar-refractivity contribution in [3.63, 3.8) is 0 Å². The largest absolute Gasteiger partial charge is 0.410 e. The topological polar surface area (TPSA) is 91.0 Å². The monoisotopic (exact) mass is 463 g/mol. The van der Waals surface area contributed by atoms with Gasteiger partial charge in [-0.15, -0.1) is 0 Å². The van der Waals surface area contributed by atoms with Crippen molar-refractivity contribution < 1.29 is 27.2 Å². The van der Waals surface area contributed by atoms with E-state index in [9.17, 15) is 27.2 Å². The SMILES string of the molecule is CC(C)(C)NC(=O)N1CC2C(C(N)=O)C(c3ccc(F)c(Cl)c3)=NN2CC1C(F)(F)F. The van der Waals surface area contributed by atoms with Crippen LogP contribution in [0.5, 0.6) is 0 Å². The number of fused-ring (bicyclic) bond motifs is 1. The first-order valence-electron chi connectivity index (χ1n) is 9.44. The lowest BCUT2D eigenvalue weighted by Gasteiger charge is -2.45. The molecule has 1 aromatic carbocycles. The second-order valence-corrected chi connectivity index (χ2v) is 8.98. The maximum atomic E-state index is 13.8. The van der Waals surface area contributed by atoms with Crippen molar-refractivity contribution in [2.24, 2.45) is 16.8 Å². The Hall–Kier alpha value is -2.56. The molecule has 31 heavy (non-hydrogen) atoms. The van der Waals surface area contributed by atoms with E-state index in [-0.39, 0.29) is 16.3 Å². The molecule has 7 nitrogen and oxygen atoms in total. The molecule has 3 rings (SSSR count). The average Bonchev–Trinajstić information content (AvgIpc) is 2.99. The lowest BCUT2D eigenvalue weighted by molar-refractivity contribution is -0.193. The van der Waals surface area contributed by atoms with Crippen LogP contribution >= 0.6 is 11.6 Å². The highest BCUT2D eigenvalue weighted by Crippen LogP contribution is 2.36. The first kappa shape index (κ1) is 23.1. The molecule has 1 aromatic rings. The summed E-state index contributed by atoms with van der Waals surface area (Å²) < 4.78 is 54.8. The second-order valence-electron chi connectivity index (χ2n) is 8.57. The number of amides is 3. The molecule has 3 amide bonds. The number of alkyl halides is 3. The van der Waals surface area contributed by atoms with E-state index in [0.717, 1.165) is 11.1 Å². The smallest absolute Gasteiger partial charge is 0.369 e. The molecule has 0 saturated carbocycles. The summed E-state index contributed by atoms with van der Waals surface area (Å²) in [6.45, 7) is 3.83. The fourth-order valence-electron chi connectivity index (χ4n) is 3.72. The van der Waals surface area contributed by atoms with Gasteiger partial charge in [-0.1, -0.05) is 17.7 Å². The number of carbonyl (C=O) groups is 2. The van der Waals surface area contributed by atoms with Crippen molar-refractivity contribution in [1.29, 1.82) is 0 Å². The summed E-state index contributed by atoms with van der Waals surface area (Å²) >= 11 is 5.81. The molecule has 1 saturated heterocycles. The number of primary amides is 1. The number of halogens is 5. The summed E-state index contributed by atoms with van der Waals surface area (Å²) in [4.78, 5) is 25.6. The zero-order valence-corrected chi connectivity index (χ0v) is 17.8. The van der Waals surface area contributed by atoms with Crippen LogP contribution in [0.25, 0.3) is 0 Å². The fourth-order valence-corrected chi connectivity index (χ4v) is 3.90. The number of hydrazone groups is 1. The second kappa shape index (κ2) is 7.85. The summed E-state index contributed by atoms with van der Waals surface area (Å²) in [7, 11) is 0. The van der Waals surface area contributed by atoms with Gasteiger partial charge in [0.25, 0.3) is 0 Å². The molecule has 3 unspecified atom stereocenters. The van der Waals surface area contributed by atoms with E-state index < -0.39 is 60.6 Å². The summed E-state index contributed by atoms with van der Waals surface area (Å²) in [6, 6.07) is -0.331. The maximum Gasteiger partial charge on any atom is 0.410 e. The Balaban J connectivity index is 1.99. The quantitative estimate of drug-likeness (QED) is 0.661. The van der Waals surface area contributed by atoms with E-state index in [0.29, 0.717) is 4.90 Å². The first-order chi connectivity index (χ1) is 14.2. The number of urea groups is 1. The van der Waals surface area contributed by atoms with Crippen molar-refractivity contribution in [2.75, 3.05) is 13.1 Å². The molecule has 1 fully saturated rings. The molecule has 0 aromatic heterocycles. The molecule has 3 atom stereocenters. The lowest BCUT2D eigenvalue weighted by atomic mass is 9.88. The van der Waals surface area contributed by atoms with Gasteiger partial charge in [0.05, 0.1) is 23.3 Å². The van der Waals surface area contributed by atoms with Gasteiger partial charge in [0.1, 0.15) is 17.8 Å². The van der Waals surface area contributed by atoms with Crippen LogP contribution in [0, 0.1) is 11.7 Å². The number of benzene rings is 1. The predicted octanol–water partition coefficient (Wildman–Crippen LogP) is 2.72. The molecule has 2 aliphatic heterocycles. The highest BCUT2D eigenvalue weighted by molar-refractivity contribution is 6.31. The van der Waals surface area contributed by atoms with E-state index in [1.807, 2.05) is 0 Å². The van der Waals surface area contributed by atoms with Crippen LogP contribution in [0.3, 0.4) is 0 Å². The summed E-state index contributed by atoms with van der Waals surface area (Å²) in [6.07, 6.45) is -4.72. The maximum absolute atomic E-state index is 13.8. The number of nitrogens with zero attached hydrogens (tertiary/aromatic N) is 3. The molecule has 0 radical (unpaired) electrons. The third-order valence-electron chi connectivity index (χ3n) is 5.06. The third kappa shape index (κ3) is 4.70. The Bertz CT molecular complexity index is 931. The molecule has 170 valence electrons. The minimum atomic E-state index is -4.72. The lowest BCUT2D eigenvalue weighted by Crippen LogP contribution is -2.66. The molecule has 2 heterocycles. The van der Waals surface area contributed by atoms with Crippen LogP contribution in [0.15, 0.2) is 23.3 Å². The molecule has 0 spiro atoms. The highest BCUT2D eigenvalue weighted by atomic mass is 35.5. The zero-order valence-electron chi connectivity index (χ0n) is 17.0. The van der Waals surface area contributed by atoms with Crippen LogP contribution in [-0.4, -0.2) is 64.4 Å². The Labute approximate surface area is 181 Å². The minimum absolute atomic E-state index is 0.0819. The Morgan fingerprint density at radius 1 is 1.23 bits per heavy atom. The van der Waals surface area contributed by atoms with Crippen LogP contribution in [0.4, 0.5) is 22.4 Å². The molecule has 3 N–H and O–H groups in total. The number of hydrogen-bond donors (Lipinski definition) is 2. The van der Waals surface area contributed by atoms with Crippen molar-refractivity contribution in [3.05, 3.63) is 34.6 Å². The van der Waals surface area contributed by atoms with Crippen molar-refractivity contribution in [2.45, 2.75) is 44.6 Å². The molecule has 0 bridgehead atoms. The third-order valence-corrected chi connectivity index (χ3v) is 5.35. The summed E-state index contributed by atoms with van der Waals surface area (Å²) in [5.41, 5.74) is 5.13. The van der Waals surface area contributed by atoms with Gasteiger partial charge in [-0.3, -0.25) is 9.80 Å². The number of hydrogen-bond acceptors (Lipinski definition) is 4. The van der Waals surface area contributed by atoms with E-state index in [4.69, 9.17) is 17.3 Å². The van der Waals surface area contributed by atoms with Gasteiger partial charge >= 0.3 is 12.2 Å². The van der Waals surface area contributed by atoms with Crippen LogP contribution in [0.2, 0.25) is 5.02 Å². The summed E-state index contributed by atoms with van der Waals surface area (Å²) in [5.74, 6) is -2.63. The molecule has 2 aliphatic rings. The number of piperazine rings is 1. The van der Waals surface area contributed by atoms with Gasteiger partial charge in [0.2, 0.25) is 5.91 Å². The highest BCUT2D eigenvalue weighted by Gasteiger charge is 2.55. The molecular formula is C19H22ClF4N5O2. The zero-order chi connectivity index (χ0) is 23.3. The van der Waals surface area contributed by atoms with Crippen molar-refractivity contribution >= 4 is 29.3 Å².